The van der Waals surface area contributed by atoms with Gasteiger partial charge in [-0.3, -0.25) is 9.59 Å². The van der Waals surface area contributed by atoms with E-state index in [0.29, 0.717) is 6.42 Å². The summed E-state index contributed by atoms with van der Waals surface area (Å²) in [5.41, 5.74) is 0. The number of hydrogen-bond donors (Lipinski definition) is 3. The molecule has 0 aliphatic carbocycles. The van der Waals surface area contributed by atoms with Gasteiger partial charge in [-0.05, 0) is 12.3 Å². The minimum absolute atomic E-state index is 0.0854. The first-order valence-corrected chi connectivity index (χ1v) is 4.65. The molecular weight excluding hydrogens is 186 g/mol. The van der Waals surface area contributed by atoms with Crippen LogP contribution >= 0.6 is 0 Å². The summed E-state index contributed by atoms with van der Waals surface area (Å²) in [6.07, 6.45) is 0.498. The van der Waals surface area contributed by atoms with E-state index in [1.807, 2.05) is 6.92 Å². The largest absolute Gasteiger partial charge is 0.481 e. The predicted molar refractivity (Wildman–Crippen MR) is 48.9 cm³/mol. The Morgan fingerprint density at radius 3 is 2.36 bits per heavy atom. The number of hydrogen-bond acceptors (Lipinski definition) is 3. The van der Waals surface area contributed by atoms with Crippen molar-refractivity contribution in [1.82, 2.24) is 5.32 Å². The topological polar surface area (TPSA) is 86.6 Å². The molecule has 0 aromatic rings. The number of nitrogens with one attached hydrogen (secondary N) is 1. The van der Waals surface area contributed by atoms with Gasteiger partial charge < -0.3 is 15.5 Å². The lowest BCUT2D eigenvalue weighted by Gasteiger charge is -2.19. The lowest BCUT2D eigenvalue weighted by molar-refractivity contribution is -0.143. The van der Waals surface area contributed by atoms with Gasteiger partial charge in [0, 0.05) is 6.04 Å². The Morgan fingerprint density at radius 2 is 2.00 bits per heavy atom. The first-order valence-electron chi connectivity index (χ1n) is 4.65. The number of carboxylic acids is 2. The first-order chi connectivity index (χ1) is 6.43. The molecule has 1 rings (SSSR count). The normalized spacial score (nSPS) is 34.0. The molecule has 3 N–H and O–H groups in total. The lowest BCUT2D eigenvalue weighted by Crippen LogP contribution is -2.42. The number of rotatable bonds is 3. The summed E-state index contributed by atoms with van der Waals surface area (Å²) in [5.74, 6) is -2.26. The fourth-order valence-electron chi connectivity index (χ4n) is 1.95. The summed E-state index contributed by atoms with van der Waals surface area (Å²) in [5, 5.41) is 20.4. The molecule has 0 aromatic carbocycles. The van der Waals surface area contributed by atoms with Crippen molar-refractivity contribution in [3.63, 3.8) is 0 Å². The average molecular weight is 201 g/mol. The van der Waals surface area contributed by atoms with Crippen LogP contribution in [0.2, 0.25) is 0 Å². The predicted octanol–water partition coefficient (Wildman–Crippen LogP) is 0.158. The van der Waals surface area contributed by atoms with Gasteiger partial charge in [0.15, 0.2) is 0 Å². The molecule has 5 nitrogen and oxygen atoms in total. The average Bonchev–Trinajstić information content (AvgIpc) is 2.46. The molecule has 0 spiro atoms. The summed E-state index contributed by atoms with van der Waals surface area (Å²) in [7, 11) is 0. The molecule has 0 saturated carbocycles. The Labute approximate surface area is 82.1 Å². The van der Waals surface area contributed by atoms with E-state index in [4.69, 9.17) is 10.2 Å². The van der Waals surface area contributed by atoms with Gasteiger partial charge >= 0.3 is 11.9 Å². The SMILES string of the molecule is C[C@@H]1C[C@@H](C(=O)O)N[C@@H]1[C@@H](C)C(=O)O. The van der Waals surface area contributed by atoms with E-state index in [-0.39, 0.29) is 12.0 Å². The smallest absolute Gasteiger partial charge is 0.320 e. The van der Waals surface area contributed by atoms with Crippen LogP contribution in [0.5, 0.6) is 0 Å². The van der Waals surface area contributed by atoms with E-state index >= 15 is 0 Å². The summed E-state index contributed by atoms with van der Waals surface area (Å²) >= 11 is 0. The molecule has 1 saturated heterocycles. The van der Waals surface area contributed by atoms with E-state index < -0.39 is 23.9 Å². The molecule has 80 valence electrons. The van der Waals surface area contributed by atoms with Crippen molar-refractivity contribution in [1.29, 1.82) is 0 Å². The quantitative estimate of drug-likeness (QED) is 0.605. The van der Waals surface area contributed by atoms with Gasteiger partial charge in [-0.25, -0.2) is 0 Å². The second kappa shape index (κ2) is 3.96. The highest BCUT2D eigenvalue weighted by atomic mass is 16.4. The third-order valence-corrected chi connectivity index (χ3v) is 2.84. The van der Waals surface area contributed by atoms with Gasteiger partial charge in [-0.2, -0.15) is 0 Å². The van der Waals surface area contributed by atoms with Crippen LogP contribution in [0, 0.1) is 11.8 Å². The van der Waals surface area contributed by atoms with Crippen LogP contribution in [-0.4, -0.2) is 34.2 Å². The Balaban J connectivity index is 2.65. The molecule has 0 aromatic heterocycles. The highest BCUT2D eigenvalue weighted by Gasteiger charge is 2.39. The van der Waals surface area contributed by atoms with E-state index in [2.05, 4.69) is 5.32 Å². The van der Waals surface area contributed by atoms with Crippen LogP contribution in [0.15, 0.2) is 0 Å². The van der Waals surface area contributed by atoms with Crippen molar-refractivity contribution < 1.29 is 19.8 Å². The van der Waals surface area contributed by atoms with Crippen LogP contribution in [0.4, 0.5) is 0 Å². The van der Waals surface area contributed by atoms with Crippen molar-refractivity contribution in [2.24, 2.45) is 11.8 Å². The zero-order chi connectivity index (χ0) is 10.9. The molecule has 1 heterocycles. The number of aliphatic carboxylic acids is 2. The summed E-state index contributed by atoms with van der Waals surface area (Å²) in [4.78, 5) is 21.4. The van der Waals surface area contributed by atoms with Crippen LogP contribution in [0.25, 0.3) is 0 Å². The van der Waals surface area contributed by atoms with E-state index in [0.717, 1.165) is 0 Å². The maximum atomic E-state index is 10.7. The highest BCUT2D eigenvalue weighted by Crippen LogP contribution is 2.25. The molecule has 1 aliphatic heterocycles. The van der Waals surface area contributed by atoms with E-state index in [9.17, 15) is 9.59 Å². The van der Waals surface area contributed by atoms with Crippen molar-refractivity contribution in [3.8, 4) is 0 Å². The Hall–Kier alpha value is -1.10. The minimum Gasteiger partial charge on any atom is -0.481 e. The molecule has 0 bridgehead atoms. The fourth-order valence-corrected chi connectivity index (χ4v) is 1.95. The lowest BCUT2D eigenvalue weighted by atomic mass is 9.92. The Kier molecular flexibility index (Phi) is 3.10. The van der Waals surface area contributed by atoms with E-state index in [1.54, 1.807) is 6.92 Å². The minimum atomic E-state index is -0.906. The summed E-state index contributed by atoms with van der Waals surface area (Å²) in [6.45, 7) is 3.47. The molecular formula is C9H15NO4. The van der Waals surface area contributed by atoms with Gasteiger partial charge in [0.2, 0.25) is 0 Å². The molecule has 14 heavy (non-hydrogen) atoms. The maximum Gasteiger partial charge on any atom is 0.320 e. The second-order valence-electron chi connectivity index (χ2n) is 3.92. The van der Waals surface area contributed by atoms with Gasteiger partial charge in [-0.1, -0.05) is 13.8 Å². The fraction of sp³-hybridized carbons (Fsp3) is 0.778. The monoisotopic (exact) mass is 201 g/mol. The van der Waals surface area contributed by atoms with Gasteiger partial charge in [0.25, 0.3) is 0 Å². The molecule has 0 radical (unpaired) electrons. The van der Waals surface area contributed by atoms with Crippen LogP contribution in [0.1, 0.15) is 20.3 Å². The number of carboxylic acid groups (broad SMARTS) is 2. The number of carbonyl (C=O) groups is 2. The van der Waals surface area contributed by atoms with Crippen molar-refractivity contribution >= 4 is 11.9 Å². The van der Waals surface area contributed by atoms with Crippen LogP contribution in [-0.2, 0) is 9.59 Å². The van der Waals surface area contributed by atoms with Crippen LogP contribution in [0.3, 0.4) is 0 Å². The van der Waals surface area contributed by atoms with Crippen molar-refractivity contribution in [2.45, 2.75) is 32.4 Å². The van der Waals surface area contributed by atoms with Gasteiger partial charge in [0.05, 0.1) is 5.92 Å². The third-order valence-electron chi connectivity index (χ3n) is 2.84. The first kappa shape index (κ1) is 11.0. The van der Waals surface area contributed by atoms with Crippen molar-refractivity contribution in [2.75, 3.05) is 0 Å². The molecule has 4 atom stereocenters. The standard InChI is InChI=1S/C9H15NO4/c1-4-3-6(9(13)14)10-7(4)5(2)8(11)12/h4-7,10H,3H2,1-2H3,(H,11,12)(H,13,14)/t4-,5-,6+,7+/m1/s1. The van der Waals surface area contributed by atoms with Gasteiger partial charge in [0.1, 0.15) is 6.04 Å². The zero-order valence-electron chi connectivity index (χ0n) is 8.23. The highest BCUT2D eigenvalue weighted by molar-refractivity contribution is 5.75. The second-order valence-corrected chi connectivity index (χ2v) is 3.92. The summed E-state index contributed by atoms with van der Waals surface area (Å²) < 4.78 is 0. The summed E-state index contributed by atoms with van der Waals surface area (Å²) in [6, 6.07) is -0.842. The van der Waals surface area contributed by atoms with Crippen LogP contribution < -0.4 is 5.32 Å². The Bertz CT molecular complexity index is 253. The van der Waals surface area contributed by atoms with E-state index in [1.165, 1.54) is 0 Å². The van der Waals surface area contributed by atoms with Gasteiger partial charge in [-0.15, -0.1) is 0 Å². The molecule has 1 aliphatic rings. The van der Waals surface area contributed by atoms with Crippen molar-refractivity contribution in [3.05, 3.63) is 0 Å². The Morgan fingerprint density at radius 1 is 1.43 bits per heavy atom. The zero-order valence-corrected chi connectivity index (χ0v) is 8.23. The molecule has 1 fully saturated rings. The maximum absolute atomic E-state index is 10.7. The molecule has 0 unspecified atom stereocenters. The molecule has 0 amide bonds. The molecule has 5 heteroatoms. The third kappa shape index (κ3) is 2.04.